The van der Waals surface area contributed by atoms with Gasteiger partial charge in [-0.1, -0.05) is 27.7 Å². The van der Waals surface area contributed by atoms with Gasteiger partial charge in [0.05, 0.1) is 0 Å². The highest BCUT2D eigenvalue weighted by Gasteiger charge is 2.23. The van der Waals surface area contributed by atoms with Gasteiger partial charge in [0.1, 0.15) is 0 Å². The summed E-state index contributed by atoms with van der Waals surface area (Å²) in [6.07, 6.45) is 0.127. The lowest BCUT2D eigenvalue weighted by molar-refractivity contribution is -0.130. The Kier molecular flexibility index (Phi) is 5.97. The highest BCUT2D eigenvalue weighted by molar-refractivity contribution is 5.85. The zero-order chi connectivity index (χ0) is 12.0. The minimum absolute atomic E-state index is 0.0718. The summed E-state index contributed by atoms with van der Waals surface area (Å²) in [4.78, 5) is 22.5. The van der Waals surface area contributed by atoms with Crippen LogP contribution in [0.3, 0.4) is 0 Å². The molecular formula is C11H22N2O2. The molecule has 0 fully saturated rings. The average Bonchev–Trinajstić information content (AvgIpc) is 2.09. The van der Waals surface area contributed by atoms with E-state index in [4.69, 9.17) is 5.73 Å². The number of hydrogen-bond donors (Lipinski definition) is 2. The van der Waals surface area contributed by atoms with Crippen molar-refractivity contribution in [1.82, 2.24) is 5.32 Å². The van der Waals surface area contributed by atoms with E-state index in [2.05, 4.69) is 5.32 Å². The third-order valence-electron chi connectivity index (χ3n) is 2.25. The highest BCUT2D eigenvalue weighted by Crippen LogP contribution is 2.15. The van der Waals surface area contributed by atoms with Crippen LogP contribution < -0.4 is 11.1 Å². The standard InChI is InChI=1S/C11H22N2O2/c1-7(2)6-13-11(15)9(8(3)4)5-10(12)14/h7-9H,5-6H2,1-4H3,(H2,12,14)(H,13,15)/t9-/m1/s1. The first-order chi connectivity index (χ1) is 6.84. The number of nitrogens with two attached hydrogens (primary N) is 1. The van der Waals surface area contributed by atoms with Crippen LogP contribution in [0.5, 0.6) is 0 Å². The van der Waals surface area contributed by atoms with Crippen molar-refractivity contribution in [3.8, 4) is 0 Å². The fourth-order valence-electron chi connectivity index (χ4n) is 1.28. The fraction of sp³-hybridized carbons (Fsp3) is 0.818. The molecule has 0 aromatic rings. The van der Waals surface area contributed by atoms with Crippen molar-refractivity contribution in [3.63, 3.8) is 0 Å². The molecule has 4 nitrogen and oxygen atoms in total. The Balaban J connectivity index is 4.23. The summed E-state index contributed by atoms with van der Waals surface area (Å²) in [6.45, 7) is 8.53. The summed E-state index contributed by atoms with van der Waals surface area (Å²) in [6, 6.07) is 0. The van der Waals surface area contributed by atoms with Crippen molar-refractivity contribution in [2.45, 2.75) is 34.1 Å². The predicted molar refractivity (Wildman–Crippen MR) is 60.0 cm³/mol. The third-order valence-corrected chi connectivity index (χ3v) is 2.25. The Labute approximate surface area is 91.6 Å². The van der Waals surface area contributed by atoms with Crippen molar-refractivity contribution in [1.29, 1.82) is 0 Å². The van der Waals surface area contributed by atoms with Crippen molar-refractivity contribution in [2.75, 3.05) is 6.54 Å². The van der Waals surface area contributed by atoms with Crippen LogP contribution in [0.15, 0.2) is 0 Å². The molecule has 0 unspecified atom stereocenters. The molecule has 0 rings (SSSR count). The average molecular weight is 214 g/mol. The van der Waals surface area contributed by atoms with E-state index in [1.165, 1.54) is 0 Å². The number of primary amides is 1. The molecule has 3 N–H and O–H groups in total. The van der Waals surface area contributed by atoms with Gasteiger partial charge in [-0.2, -0.15) is 0 Å². The van der Waals surface area contributed by atoms with E-state index in [1.807, 2.05) is 27.7 Å². The minimum Gasteiger partial charge on any atom is -0.370 e. The molecule has 88 valence electrons. The molecule has 0 aromatic heterocycles. The summed E-state index contributed by atoms with van der Waals surface area (Å²) in [5, 5.41) is 2.82. The van der Waals surface area contributed by atoms with Gasteiger partial charge in [0, 0.05) is 18.9 Å². The lowest BCUT2D eigenvalue weighted by Gasteiger charge is -2.19. The quantitative estimate of drug-likeness (QED) is 0.689. The molecule has 0 heterocycles. The van der Waals surface area contributed by atoms with Crippen molar-refractivity contribution >= 4 is 11.8 Å². The Morgan fingerprint density at radius 2 is 1.73 bits per heavy atom. The van der Waals surface area contributed by atoms with Gasteiger partial charge in [-0.3, -0.25) is 9.59 Å². The lowest BCUT2D eigenvalue weighted by Crippen LogP contribution is -2.37. The summed E-state index contributed by atoms with van der Waals surface area (Å²) >= 11 is 0. The maximum Gasteiger partial charge on any atom is 0.223 e. The maximum absolute atomic E-state index is 11.7. The van der Waals surface area contributed by atoms with Gasteiger partial charge < -0.3 is 11.1 Å². The second-order valence-electron chi connectivity index (χ2n) is 4.66. The lowest BCUT2D eigenvalue weighted by atomic mass is 9.91. The molecule has 0 spiro atoms. The van der Waals surface area contributed by atoms with Crippen LogP contribution >= 0.6 is 0 Å². The van der Waals surface area contributed by atoms with Gasteiger partial charge in [-0.15, -0.1) is 0 Å². The molecule has 15 heavy (non-hydrogen) atoms. The smallest absolute Gasteiger partial charge is 0.223 e. The number of rotatable bonds is 6. The Hall–Kier alpha value is -1.06. The van der Waals surface area contributed by atoms with E-state index in [9.17, 15) is 9.59 Å². The molecule has 1 atom stereocenters. The first-order valence-electron chi connectivity index (χ1n) is 5.40. The topological polar surface area (TPSA) is 72.2 Å². The summed E-state index contributed by atoms with van der Waals surface area (Å²) in [5.74, 6) is -0.257. The third kappa shape index (κ3) is 6.10. The van der Waals surface area contributed by atoms with E-state index in [1.54, 1.807) is 0 Å². The molecule has 2 amide bonds. The molecule has 0 radical (unpaired) electrons. The zero-order valence-corrected chi connectivity index (χ0v) is 10.0. The molecule has 0 aliphatic carbocycles. The van der Waals surface area contributed by atoms with Crippen molar-refractivity contribution < 1.29 is 9.59 Å². The van der Waals surface area contributed by atoms with Crippen LogP contribution in [0.4, 0.5) is 0 Å². The maximum atomic E-state index is 11.7. The summed E-state index contributed by atoms with van der Waals surface area (Å²) < 4.78 is 0. The summed E-state index contributed by atoms with van der Waals surface area (Å²) in [7, 11) is 0. The molecule has 0 aliphatic rings. The molecule has 0 saturated heterocycles. The molecule has 0 aliphatic heterocycles. The van der Waals surface area contributed by atoms with Crippen molar-refractivity contribution in [2.24, 2.45) is 23.5 Å². The van der Waals surface area contributed by atoms with E-state index in [0.717, 1.165) is 0 Å². The Morgan fingerprint density at radius 1 is 1.20 bits per heavy atom. The van der Waals surface area contributed by atoms with Crippen LogP contribution in [0, 0.1) is 17.8 Å². The predicted octanol–water partition coefficient (Wildman–Crippen LogP) is 0.906. The number of hydrogen-bond acceptors (Lipinski definition) is 2. The Bertz CT molecular complexity index is 225. The van der Waals surface area contributed by atoms with Crippen LogP contribution in [-0.2, 0) is 9.59 Å². The highest BCUT2D eigenvalue weighted by atomic mass is 16.2. The van der Waals surface area contributed by atoms with Gasteiger partial charge in [0.15, 0.2) is 0 Å². The molecule has 0 saturated carbocycles. The number of nitrogens with one attached hydrogen (secondary N) is 1. The monoisotopic (exact) mass is 214 g/mol. The largest absolute Gasteiger partial charge is 0.370 e. The normalized spacial score (nSPS) is 12.9. The Morgan fingerprint density at radius 3 is 2.07 bits per heavy atom. The van der Waals surface area contributed by atoms with Crippen LogP contribution in [0.1, 0.15) is 34.1 Å². The van der Waals surface area contributed by atoms with E-state index < -0.39 is 5.91 Å². The van der Waals surface area contributed by atoms with E-state index >= 15 is 0 Å². The first-order valence-corrected chi connectivity index (χ1v) is 5.40. The second-order valence-corrected chi connectivity index (χ2v) is 4.66. The number of carbonyl (C=O) groups excluding carboxylic acids is 2. The van der Waals surface area contributed by atoms with Gasteiger partial charge >= 0.3 is 0 Å². The molecule has 0 bridgehead atoms. The van der Waals surface area contributed by atoms with Gasteiger partial charge in [0.25, 0.3) is 0 Å². The first kappa shape index (κ1) is 13.9. The van der Waals surface area contributed by atoms with Gasteiger partial charge in [-0.25, -0.2) is 0 Å². The van der Waals surface area contributed by atoms with E-state index in [-0.39, 0.29) is 24.2 Å². The van der Waals surface area contributed by atoms with Gasteiger partial charge in [-0.05, 0) is 11.8 Å². The van der Waals surface area contributed by atoms with Crippen LogP contribution in [-0.4, -0.2) is 18.4 Å². The van der Waals surface area contributed by atoms with Crippen LogP contribution in [0.2, 0.25) is 0 Å². The molecular weight excluding hydrogens is 192 g/mol. The van der Waals surface area contributed by atoms with Crippen molar-refractivity contribution in [3.05, 3.63) is 0 Å². The fourth-order valence-corrected chi connectivity index (χ4v) is 1.28. The summed E-state index contributed by atoms with van der Waals surface area (Å²) in [5.41, 5.74) is 5.11. The molecule has 4 heteroatoms. The van der Waals surface area contributed by atoms with E-state index in [0.29, 0.717) is 12.5 Å². The SMILES string of the molecule is CC(C)CNC(=O)[C@H](CC(N)=O)C(C)C. The minimum atomic E-state index is -0.423. The molecule has 0 aromatic carbocycles. The number of amides is 2. The number of carbonyl (C=O) groups is 2. The zero-order valence-electron chi connectivity index (χ0n) is 10.0. The second kappa shape index (κ2) is 6.43. The van der Waals surface area contributed by atoms with Crippen LogP contribution in [0.25, 0.3) is 0 Å². The van der Waals surface area contributed by atoms with Gasteiger partial charge in [0.2, 0.25) is 11.8 Å².